The van der Waals surface area contributed by atoms with Gasteiger partial charge in [0.25, 0.3) is 0 Å². The van der Waals surface area contributed by atoms with Crippen LogP contribution in [-0.4, -0.2) is 0 Å². The molecule has 0 heterocycles. The second-order valence-electron chi connectivity index (χ2n) is 3.58. The van der Waals surface area contributed by atoms with Crippen molar-refractivity contribution in [2.45, 2.75) is 26.3 Å². The molecule has 2 atom stereocenters. The van der Waals surface area contributed by atoms with E-state index in [1.165, 1.54) is 6.07 Å². The summed E-state index contributed by atoms with van der Waals surface area (Å²) in [5.74, 6) is -0.0454. The molecule has 1 nitrogen and oxygen atoms in total. The van der Waals surface area contributed by atoms with Gasteiger partial charge in [0.15, 0.2) is 0 Å². The van der Waals surface area contributed by atoms with Gasteiger partial charge in [-0.15, -0.1) is 12.4 Å². The third-order valence-electron chi connectivity index (χ3n) is 2.58. The lowest BCUT2D eigenvalue weighted by molar-refractivity contribution is 0.439. The summed E-state index contributed by atoms with van der Waals surface area (Å²) in [6, 6.07) is 4.38. The quantitative estimate of drug-likeness (QED) is 0.866. The van der Waals surface area contributed by atoms with Gasteiger partial charge in [0.1, 0.15) is 5.82 Å². The van der Waals surface area contributed by atoms with E-state index in [1.807, 2.05) is 13.8 Å². The minimum Gasteiger partial charge on any atom is -0.324 e. The highest BCUT2D eigenvalue weighted by Crippen LogP contribution is 2.25. The lowest BCUT2D eigenvalue weighted by Crippen LogP contribution is -2.19. The first kappa shape index (κ1) is 14.7. The Bertz CT molecular complexity index is 317. The fourth-order valence-electron chi connectivity index (χ4n) is 1.33. The zero-order valence-corrected chi connectivity index (χ0v) is 10.4. The summed E-state index contributed by atoms with van der Waals surface area (Å²) in [4.78, 5) is 0. The standard InChI is InChI=1S/C11H15ClFN.ClH/c1-3-7(2)11(14)9-5-4-8(12)6-10(9)13;/h4-7,11H,3,14H2,1-2H3;1H/t7?,11-;/m1./s1. The van der Waals surface area contributed by atoms with E-state index in [9.17, 15) is 4.39 Å². The van der Waals surface area contributed by atoms with Crippen molar-refractivity contribution in [3.63, 3.8) is 0 Å². The SMILES string of the molecule is CCC(C)[C@@H](N)c1ccc(Cl)cc1F.Cl. The van der Waals surface area contributed by atoms with Gasteiger partial charge in [0.2, 0.25) is 0 Å². The van der Waals surface area contributed by atoms with Crippen LogP contribution in [0.3, 0.4) is 0 Å². The van der Waals surface area contributed by atoms with E-state index in [0.29, 0.717) is 10.6 Å². The lowest BCUT2D eigenvalue weighted by Gasteiger charge is -2.19. The average Bonchev–Trinajstić information content (AvgIpc) is 2.15. The molecule has 0 bridgehead atoms. The van der Waals surface area contributed by atoms with Crippen molar-refractivity contribution < 1.29 is 4.39 Å². The van der Waals surface area contributed by atoms with E-state index < -0.39 is 0 Å². The maximum atomic E-state index is 13.4. The molecule has 86 valence electrons. The minimum absolute atomic E-state index is 0. The molecule has 0 amide bonds. The van der Waals surface area contributed by atoms with Crippen molar-refractivity contribution in [1.82, 2.24) is 0 Å². The summed E-state index contributed by atoms with van der Waals surface area (Å²) >= 11 is 5.65. The molecular weight excluding hydrogens is 236 g/mol. The smallest absolute Gasteiger partial charge is 0.129 e. The number of halogens is 3. The first-order chi connectivity index (χ1) is 6.56. The predicted molar refractivity (Wildman–Crippen MR) is 65.0 cm³/mol. The molecule has 1 aromatic rings. The van der Waals surface area contributed by atoms with E-state index in [0.717, 1.165) is 6.42 Å². The Balaban J connectivity index is 0.00000196. The Hall–Kier alpha value is -0.310. The van der Waals surface area contributed by atoms with Crippen LogP contribution in [0.2, 0.25) is 5.02 Å². The van der Waals surface area contributed by atoms with Crippen LogP contribution in [0.1, 0.15) is 31.9 Å². The van der Waals surface area contributed by atoms with Gasteiger partial charge >= 0.3 is 0 Å². The Morgan fingerprint density at radius 1 is 1.47 bits per heavy atom. The topological polar surface area (TPSA) is 26.0 Å². The normalized spacial score (nSPS) is 14.2. The molecule has 0 radical (unpaired) electrons. The molecule has 0 aliphatic heterocycles. The molecule has 1 rings (SSSR count). The summed E-state index contributed by atoms with van der Waals surface area (Å²) in [5.41, 5.74) is 6.46. The molecule has 0 aliphatic rings. The van der Waals surface area contributed by atoms with E-state index in [4.69, 9.17) is 17.3 Å². The van der Waals surface area contributed by atoms with Gasteiger partial charge in [-0.25, -0.2) is 4.39 Å². The Morgan fingerprint density at radius 2 is 2.07 bits per heavy atom. The van der Waals surface area contributed by atoms with Gasteiger partial charge in [0.05, 0.1) is 0 Å². The molecule has 0 fully saturated rings. The summed E-state index contributed by atoms with van der Waals surface area (Å²) in [7, 11) is 0. The lowest BCUT2D eigenvalue weighted by atomic mass is 9.93. The Kier molecular flexibility index (Phi) is 6.18. The highest BCUT2D eigenvalue weighted by molar-refractivity contribution is 6.30. The van der Waals surface area contributed by atoms with E-state index >= 15 is 0 Å². The van der Waals surface area contributed by atoms with Crippen LogP contribution >= 0.6 is 24.0 Å². The van der Waals surface area contributed by atoms with Crippen molar-refractivity contribution in [1.29, 1.82) is 0 Å². The summed E-state index contributed by atoms with van der Waals surface area (Å²) < 4.78 is 13.4. The fourth-order valence-corrected chi connectivity index (χ4v) is 1.49. The second kappa shape index (κ2) is 6.31. The third kappa shape index (κ3) is 3.63. The molecule has 4 heteroatoms. The molecule has 0 aromatic heterocycles. The van der Waals surface area contributed by atoms with E-state index in [2.05, 4.69) is 0 Å². The highest BCUT2D eigenvalue weighted by Gasteiger charge is 2.16. The van der Waals surface area contributed by atoms with Crippen molar-refractivity contribution in [3.05, 3.63) is 34.6 Å². The number of hydrogen-bond donors (Lipinski definition) is 1. The maximum absolute atomic E-state index is 13.4. The van der Waals surface area contributed by atoms with Crippen molar-refractivity contribution in [3.8, 4) is 0 Å². The van der Waals surface area contributed by atoms with Crippen molar-refractivity contribution in [2.24, 2.45) is 11.7 Å². The molecule has 15 heavy (non-hydrogen) atoms. The van der Waals surface area contributed by atoms with Crippen LogP contribution in [0.15, 0.2) is 18.2 Å². The van der Waals surface area contributed by atoms with E-state index in [1.54, 1.807) is 12.1 Å². The summed E-state index contributed by atoms with van der Waals surface area (Å²) in [5, 5.41) is 0.405. The Labute approximate surface area is 101 Å². The van der Waals surface area contributed by atoms with Gasteiger partial charge in [-0.2, -0.15) is 0 Å². The van der Waals surface area contributed by atoms with Crippen LogP contribution in [0, 0.1) is 11.7 Å². The molecule has 0 saturated carbocycles. The molecule has 2 N–H and O–H groups in total. The average molecular weight is 252 g/mol. The maximum Gasteiger partial charge on any atom is 0.129 e. The van der Waals surface area contributed by atoms with Crippen molar-refractivity contribution >= 4 is 24.0 Å². The third-order valence-corrected chi connectivity index (χ3v) is 2.81. The number of hydrogen-bond acceptors (Lipinski definition) is 1. The molecule has 1 aromatic carbocycles. The monoisotopic (exact) mass is 251 g/mol. The molecular formula is C11H16Cl2FN. The predicted octanol–water partition coefficient (Wildman–Crippen LogP) is 3.95. The molecule has 0 aliphatic carbocycles. The zero-order chi connectivity index (χ0) is 10.7. The number of nitrogens with two attached hydrogens (primary N) is 1. The van der Waals surface area contributed by atoms with Crippen molar-refractivity contribution in [2.75, 3.05) is 0 Å². The molecule has 0 spiro atoms. The van der Waals surface area contributed by atoms with Gasteiger partial charge in [-0.05, 0) is 18.1 Å². The fraction of sp³-hybridized carbons (Fsp3) is 0.455. The first-order valence-corrected chi connectivity index (χ1v) is 5.14. The summed E-state index contributed by atoms with van der Waals surface area (Å²) in [6.45, 7) is 4.05. The number of benzene rings is 1. The van der Waals surface area contributed by atoms with Crippen LogP contribution in [0.5, 0.6) is 0 Å². The highest BCUT2D eigenvalue weighted by atomic mass is 35.5. The van der Waals surface area contributed by atoms with Crippen LogP contribution in [-0.2, 0) is 0 Å². The number of rotatable bonds is 3. The largest absolute Gasteiger partial charge is 0.324 e. The minimum atomic E-state index is -0.315. The van der Waals surface area contributed by atoms with Crippen LogP contribution < -0.4 is 5.73 Å². The van der Waals surface area contributed by atoms with Gasteiger partial charge in [-0.3, -0.25) is 0 Å². The van der Waals surface area contributed by atoms with Gasteiger partial charge in [0, 0.05) is 16.6 Å². The van der Waals surface area contributed by atoms with Crippen LogP contribution in [0.4, 0.5) is 4.39 Å². The molecule has 0 saturated heterocycles. The molecule has 1 unspecified atom stereocenters. The van der Waals surface area contributed by atoms with Gasteiger partial charge in [-0.1, -0.05) is 37.9 Å². The van der Waals surface area contributed by atoms with Crippen LogP contribution in [0.25, 0.3) is 0 Å². The summed E-state index contributed by atoms with van der Waals surface area (Å²) in [6.07, 6.45) is 0.934. The Morgan fingerprint density at radius 3 is 2.53 bits per heavy atom. The van der Waals surface area contributed by atoms with E-state index in [-0.39, 0.29) is 30.2 Å². The second-order valence-corrected chi connectivity index (χ2v) is 4.01. The first-order valence-electron chi connectivity index (χ1n) is 4.76. The zero-order valence-electron chi connectivity index (χ0n) is 8.84. The van der Waals surface area contributed by atoms with Gasteiger partial charge < -0.3 is 5.73 Å².